The number of aromatic amines is 1. The molecule has 118 valence electrons. The van der Waals surface area contributed by atoms with Crippen molar-refractivity contribution in [3.8, 4) is 0 Å². The lowest BCUT2D eigenvalue weighted by atomic mass is 10.3. The fourth-order valence-corrected chi connectivity index (χ4v) is 3.64. The minimum Gasteiger partial charge on any atom is -0.325 e. The van der Waals surface area contributed by atoms with Gasteiger partial charge in [-0.1, -0.05) is 23.4 Å². The van der Waals surface area contributed by atoms with Crippen LogP contribution in [0.2, 0.25) is 5.02 Å². The zero-order valence-electron chi connectivity index (χ0n) is 12.0. The fourth-order valence-electron chi connectivity index (χ4n) is 1.90. The molecule has 0 aliphatic rings. The van der Waals surface area contributed by atoms with Crippen molar-refractivity contribution in [3.05, 3.63) is 51.1 Å². The number of carbonyl (C=O) groups is 1. The van der Waals surface area contributed by atoms with Crippen LogP contribution in [0.25, 0.3) is 10.2 Å². The predicted molar refractivity (Wildman–Crippen MR) is 95.6 cm³/mol. The lowest BCUT2D eigenvalue weighted by Gasteiger charge is -2.11. The lowest BCUT2D eigenvalue weighted by molar-refractivity contribution is -0.115. The van der Waals surface area contributed by atoms with Gasteiger partial charge in [-0.2, -0.15) is 0 Å². The Morgan fingerprint density at radius 1 is 1.35 bits per heavy atom. The highest BCUT2D eigenvalue weighted by molar-refractivity contribution is 8.00. The molecule has 1 atom stereocenters. The Bertz CT molecular complexity index is 905. The van der Waals surface area contributed by atoms with Gasteiger partial charge in [0.05, 0.1) is 10.6 Å². The minimum absolute atomic E-state index is 0.175. The number of benzene rings is 1. The topological polar surface area (TPSA) is 74.8 Å². The molecule has 0 bridgehead atoms. The normalized spacial score (nSPS) is 12.3. The molecule has 0 aliphatic heterocycles. The van der Waals surface area contributed by atoms with Crippen molar-refractivity contribution in [1.82, 2.24) is 9.97 Å². The smallest absolute Gasteiger partial charge is 0.260 e. The fraction of sp³-hybridized carbons (Fsp3) is 0.133. The molecule has 2 heterocycles. The molecule has 0 saturated heterocycles. The van der Waals surface area contributed by atoms with Gasteiger partial charge < -0.3 is 10.3 Å². The number of carbonyl (C=O) groups excluding carboxylic acids is 1. The van der Waals surface area contributed by atoms with E-state index in [0.29, 0.717) is 26.1 Å². The molecule has 0 fully saturated rings. The third kappa shape index (κ3) is 3.74. The number of aromatic nitrogens is 2. The number of halogens is 1. The van der Waals surface area contributed by atoms with E-state index in [1.807, 2.05) is 5.38 Å². The number of amides is 1. The van der Waals surface area contributed by atoms with E-state index in [0.717, 1.165) is 0 Å². The number of hydrogen-bond donors (Lipinski definition) is 2. The van der Waals surface area contributed by atoms with E-state index in [2.05, 4.69) is 15.3 Å². The van der Waals surface area contributed by atoms with E-state index in [-0.39, 0.29) is 11.5 Å². The first kappa shape index (κ1) is 16.0. The van der Waals surface area contributed by atoms with Crippen LogP contribution in [0.4, 0.5) is 5.69 Å². The Morgan fingerprint density at radius 2 is 2.09 bits per heavy atom. The van der Waals surface area contributed by atoms with Crippen LogP contribution in [0.15, 0.2) is 45.7 Å². The summed E-state index contributed by atoms with van der Waals surface area (Å²) in [6.45, 7) is 1.76. The first-order valence-electron chi connectivity index (χ1n) is 6.73. The molecular weight excluding hydrogens is 354 g/mol. The second-order valence-electron chi connectivity index (χ2n) is 4.77. The van der Waals surface area contributed by atoms with Gasteiger partial charge in [0.1, 0.15) is 4.83 Å². The molecule has 1 aromatic carbocycles. The number of H-pyrrole nitrogens is 1. The summed E-state index contributed by atoms with van der Waals surface area (Å²) in [6.07, 6.45) is 0. The number of hydrogen-bond acceptors (Lipinski definition) is 5. The molecule has 0 aliphatic carbocycles. The summed E-state index contributed by atoms with van der Waals surface area (Å²) in [5, 5.41) is 5.82. The van der Waals surface area contributed by atoms with Crippen molar-refractivity contribution in [2.24, 2.45) is 0 Å². The van der Waals surface area contributed by atoms with Crippen LogP contribution in [0.3, 0.4) is 0 Å². The Balaban J connectivity index is 1.71. The lowest BCUT2D eigenvalue weighted by Crippen LogP contribution is -2.23. The van der Waals surface area contributed by atoms with Crippen LogP contribution >= 0.6 is 34.7 Å². The van der Waals surface area contributed by atoms with Crippen molar-refractivity contribution >= 4 is 56.5 Å². The SMILES string of the molecule is C[C@@H](Sc1nc2sccc2c(=O)[nH]1)C(=O)Nc1ccc(Cl)cc1. The maximum Gasteiger partial charge on any atom is 0.260 e. The molecule has 0 saturated carbocycles. The van der Waals surface area contributed by atoms with Gasteiger partial charge in [0, 0.05) is 10.7 Å². The summed E-state index contributed by atoms with van der Waals surface area (Å²) in [5.74, 6) is -0.175. The van der Waals surface area contributed by atoms with Crippen molar-refractivity contribution in [1.29, 1.82) is 0 Å². The van der Waals surface area contributed by atoms with E-state index in [9.17, 15) is 9.59 Å². The van der Waals surface area contributed by atoms with Gasteiger partial charge in [0.25, 0.3) is 5.56 Å². The zero-order valence-corrected chi connectivity index (χ0v) is 14.4. The average molecular weight is 366 g/mol. The van der Waals surface area contributed by atoms with E-state index < -0.39 is 5.25 Å². The molecule has 5 nitrogen and oxygen atoms in total. The Hall–Kier alpha value is -1.83. The average Bonchev–Trinajstić information content (AvgIpc) is 2.98. The molecule has 0 radical (unpaired) electrons. The quantitative estimate of drug-likeness (QED) is 0.545. The second-order valence-corrected chi connectivity index (χ2v) is 7.43. The van der Waals surface area contributed by atoms with Crippen molar-refractivity contribution < 1.29 is 4.79 Å². The number of anilines is 1. The zero-order chi connectivity index (χ0) is 16.4. The third-order valence-electron chi connectivity index (χ3n) is 3.08. The van der Waals surface area contributed by atoms with Crippen LogP contribution in [-0.2, 0) is 4.79 Å². The number of nitrogens with one attached hydrogen (secondary N) is 2. The number of rotatable bonds is 4. The number of thiophene rings is 1. The van der Waals surface area contributed by atoms with Gasteiger partial charge in [-0.3, -0.25) is 9.59 Å². The van der Waals surface area contributed by atoms with E-state index in [1.165, 1.54) is 23.1 Å². The molecule has 3 rings (SSSR count). The maximum absolute atomic E-state index is 12.2. The van der Waals surface area contributed by atoms with Gasteiger partial charge in [0.2, 0.25) is 5.91 Å². The first-order valence-corrected chi connectivity index (χ1v) is 8.87. The highest BCUT2D eigenvalue weighted by Gasteiger charge is 2.17. The largest absolute Gasteiger partial charge is 0.325 e. The number of nitrogens with zero attached hydrogens (tertiary/aromatic N) is 1. The van der Waals surface area contributed by atoms with Gasteiger partial charge in [-0.15, -0.1) is 11.3 Å². The Labute approximate surface area is 145 Å². The van der Waals surface area contributed by atoms with Crippen LogP contribution in [0.1, 0.15) is 6.92 Å². The van der Waals surface area contributed by atoms with Crippen LogP contribution < -0.4 is 10.9 Å². The van der Waals surface area contributed by atoms with Gasteiger partial charge >= 0.3 is 0 Å². The van der Waals surface area contributed by atoms with Gasteiger partial charge in [-0.25, -0.2) is 4.98 Å². The van der Waals surface area contributed by atoms with Crippen LogP contribution in [0, 0.1) is 0 Å². The summed E-state index contributed by atoms with van der Waals surface area (Å²) in [4.78, 5) is 31.9. The summed E-state index contributed by atoms with van der Waals surface area (Å²) >= 11 is 8.42. The molecule has 1 amide bonds. The first-order chi connectivity index (χ1) is 11.0. The minimum atomic E-state index is -0.411. The molecular formula is C15H12ClN3O2S2. The van der Waals surface area contributed by atoms with Gasteiger partial charge in [-0.05, 0) is 42.6 Å². The van der Waals surface area contributed by atoms with Crippen LogP contribution in [-0.4, -0.2) is 21.1 Å². The molecule has 0 unspecified atom stereocenters. The maximum atomic E-state index is 12.2. The summed E-state index contributed by atoms with van der Waals surface area (Å²) < 4.78 is 0. The Morgan fingerprint density at radius 3 is 2.83 bits per heavy atom. The summed E-state index contributed by atoms with van der Waals surface area (Å²) in [5.41, 5.74) is 0.478. The van der Waals surface area contributed by atoms with Crippen molar-refractivity contribution in [2.45, 2.75) is 17.3 Å². The molecule has 3 aromatic rings. The van der Waals surface area contributed by atoms with E-state index >= 15 is 0 Å². The molecule has 0 spiro atoms. The van der Waals surface area contributed by atoms with Crippen LogP contribution in [0.5, 0.6) is 0 Å². The van der Waals surface area contributed by atoms with E-state index in [4.69, 9.17) is 11.6 Å². The molecule has 2 aromatic heterocycles. The van der Waals surface area contributed by atoms with E-state index in [1.54, 1.807) is 37.3 Å². The molecule has 2 N–H and O–H groups in total. The summed E-state index contributed by atoms with van der Waals surface area (Å²) in [7, 11) is 0. The number of fused-ring (bicyclic) bond motifs is 1. The highest BCUT2D eigenvalue weighted by atomic mass is 35.5. The molecule has 23 heavy (non-hydrogen) atoms. The predicted octanol–water partition coefficient (Wildman–Crippen LogP) is 3.76. The number of thioether (sulfide) groups is 1. The van der Waals surface area contributed by atoms with Crippen molar-refractivity contribution in [2.75, 3.05) is 5.32 Å². The Kier molecular flexibility index (Phi) is 4.70. The standard InChI is InChI=1S/C15H12ClN3O2S2/c1-8(12(20)17-10-4-2-9(16)3-5-10)23-15-18-13(21)11-6-7-22-14(11)19-15/h2-8H,1H3,(H,17,20)(H,18,19,21)/t8-/m1/s1. The second kappa shape index (κ2) is 6.74. The monoisotopic (exact) mass is 365 g/mol. The molecule has 8 heteroatoms. The summed E-state index contributed by atoms with van der Waals surface area (Å²) in [6, 6.07) is 8.61. The van der Waals surface area contributed by atoms with Crippen molar-refractivity contribution in [3.63, 3.8) is 0 Å². The van der Waals surface area contributed by atoms with Gasteiger partial charge in [0.15, 0.2) is 5.16 Å². The highest BCUT2D eigenvalue weighted by Crippen LogP contribution is 2.23. The third-order valence-corrected chi connectivity index (χ3v) is 5.13.